The van der Waals surface area contributed by atoms with Crippen molar-refractivity contribution in [3.8, 4) is 0 Å². The summed E-state index contributed by atoms with van der Waals surface area (Å²) in [5.41, 5.74) is 12.7. The van der Waals surface area contributed by atoms with Crippen molar-refractivity contribution in [2.45, 2.75) is 25.7 Å². The molecule has 3 aliphatic rings. The molecule has 0 atom stereocenters. The van der Waals surface area contributed by atoms with Crippen LogP contribution in [0.15, 0.2) is 288 Å². The Labute approximate surface area is 434 Å². The molecular weight excluding hydrogens is 936 g/mol. The average molecular weight is 985 g/mol. The lowest BCUT2D eigenvalue weighted by atomic mass is 9.79. The molecular formula is C70H49F5. The molecule has 1 saturated carbocycles. The minimum atomic E-state index is -0.472. The summed E-state index contributed by atoms with van der Waals surface area (Å²) in [5, 5.41) is 0. The van der Waals surface area contributed by atoms with Gasteiger partial charge in [0.15, 0.2) is 0 Å². The summed E-state index contributed by atoms with van der Waals surface area (Å²) in [4.78, 5) is 0. The lowest BCUT2D eigenvalue weighted by Gasteiger charge is -2.24. The molecule has 3 aliphatic carbocycles. The number of rotatable bonds is 10. The fourth-order valence-corrected chi connectivity index (χ4v) is 10.8. The van der Waals surface area contributed by atoms with E-state index >= 15 is 22.0 Å². The fourth-order valence-electron chi connectivity index (χ4n) is 10.8. The molecule has 11 rings (SSSR count). The number of hydrogen-bond acceptors (Lipinski definition) is 0. The summed E-state index contributed by atoms with van der Waals surface area (Å²) < 4.78 is 81.8. The van der Waals surface area contributed by atoms with Gasteiger partial charge in [-0.2, -0.15) is 0 Å². The van der Waals surface area contributed by atoms with Crippen LogP contribution in [-0.2, 0) is 0 Å². The van der Waals surface area contributed by atoms with Gasteiger partial charge in [0.05, 0.1) is 0 Å². The molecule has 0 amide bonds. The summed E-state index contributed by atoms with van der Waals surface area (Å²) in [6, 6.07) is 61.9. The van der Waals surface area contributed by atoms with E-state index in [-0.39, 0.29) is 0 Å². The molecule has 75 heavy (non-hydrogen) atoms. The van der Waals surface area contributed by atoms with E-state index in [9.17, 15) is 0 Å². The first-order valence-electron chi connectivity index (χ1n) is 25.2. The second-order valence-electron chi connectivity index (χ2n) is 18.7. The molecule has 0 aromatic heterocycles. The molecule has 0 unspecified atom stereocenters. The Kier molecular flexibility index (Phi) is 14.0. The third kappa shape index (κ3) is 9.98. The van der Waals surface area contributed by atoms with Crippen LogP contribution in [0, 0.1) is 29.1 Å². The van der Waals surface area contributed by atoms with Crippen LogP contribution in [0.2, 0.25) is 0 Å². The van der Waals surface area contributed by atoms with E-state index in [4.69, 9.17) is 0 Å². The van der Waals surface area contributed by atoms with Crippen molar-refractivity contribution in [1.82, 2.24) is 0 Å². The zero-order valence-electron chi connectivity index (χ0n) is 40.9. The molecule has 0 radical (unpaired) electrons. The van der Waals surface area contributed by atoms with Crippen LogP contribution in [0.4, 0.5) is 22.0 Å². The maximum atomic E-state index is 16.4. The first-order chi connectivity index (χ1) is 36.8. The highest BCUT2D eigenvalue weighted by atomic mass is 19.1. The third-order valence-electron chi connectivity index (χ3n) is 13.8. The van der Waals surface area contributed by atoms with E-state index in [1.54, 1.807) is 30.3 Å². The first-order valence-corrected chi connectivity index (χ1v) is 25.2. The fraction of sp³-hybridized carbons (Fsp3) is 0.0571. The van der Waals surface area contributed by atoms with Crippen molar-refractivity contribution in [3.05, 3.63) is 361 Å². The van der Waals surface area contributed by atoms with Crippen LogP contribution in [-0.4, -0.2) is 0 Å². The van der Waals surface area contributed by atoms with Gasteiger partial charge >= 0.3 is 0 Å². The Bertz CT molecular complexity index is 3580. The van der Waals surface area contributed by atoms with Crippen molar-refractivity contribution in [2.24, 2.45) is 0 Å². The highest BCUT2D eigenvalue weighted by molar-refractivity contribution is 6.14. The maximum absolute atomic E-state index is 16.4. The van der Waals surface area contributed by atoms with E-state index < -0.39 is 29.1 Å². The largest absolute Gasteiger partial charge is 0.207 e. The third-order valence-corrected chi connectivity index (χ3v) is 13.8. The van der Waals surface area contributed by atoms with Crippen LogP contribution in [0.3, 0.4) is 0 Å². The lowest BCUT2D eigenvalue weighted by molar-refractivity contribution is 0.627. The highest BCUT2D eigenvalue weighted by Gasteiger charge is 2.43. The van der Waals surface area contributed by atoms with Crippen LogP contribution in [0.5, 0.6) is 0 Å². The molecule has 0 saturated heterocycles. The molecule has 0 heterocycles. The second kappa shape index (κ2) is 21.7. The van der Waals surface area contributed by atoms with Crippen LogP contribution < -0.4 is 0 Å². The Morgan fingerprint density at radius 3 is 0.720 bits per heavy atom. The summed E-state index contributed by atoms with van der Waals surface area (Å²) in [5.74, 6) is -2.33. The normalized spacial score (nSPS) is 17.8. The van der Waals surface area contributed by atoms with Gasteiger partial charge in [0, 0.05) is 0 Å². The zero-order chi connectivity index (χ0) is 51.3. The van der Waals surface area contributed by atoms with Gasteiger partial charge in [-0.3, -0.25) is 0 Å². The molecule has 0 nitrogen and oxygen atoms in total. The standard InChI is InChI=1S/C70H49F5/c71-56-36-16-31-51(41-56)61(46-21-6-1-7-22-46)66-67(62(47-23-8-2-9-24-47)52-32-17-37-57(72)42-52)69(64(49-27-12-4-13-28-49)54-34-19-39-59(74)44-54)70(65(50-29-14-5-15-30-50)55-35-20-40-60(75)45-55)68(66)63(48-25-10-3-11-26-48)53-33-18-38-58(73)43-53/h1-3,6-12,14,16-45H,4-5,13,15H2/b66-61?,67-62-,68-63+,69-64-,70-65+. The quantitative estimate of drug-likeness (QED) is 0.120. The number of allylic oxidation sites excluding steroid dienone is 15. The van der Waals surface area contributed by atoms with Crippen molar-refractivity contribution in [3.63, 3.8) is 0 Å². The molecule has 8 aromatic carbocycles. The molecule has 364 valence electrons. The maximum Gasteiger partial charge on any atom is 0.123 e. The number of halogens is 5. The molecule has 8 aromatic rings. The Morgan fingerprint density at radius 2 is 0.480 bits per heavy atom. The SMILES string of the molecule is Fc1cccc(C(=C2C(=C(\c3ccccc3)c3cccc(F)c3)/C(=C(\C3=CCCC=C3)c3cccc(F)c3)C(=C(\C3=CCCC=C3)c3cccc(F)c3)/C2=C(\c2ccccc2)c2cccc(F)c2)c2ccccc2)c1. The summed E-state index contributed by atoms with van der Waals surface area (Å²) in [6.07, 6.45) is 15.6. The van der Waals surface area contributed by atoms with E-state index in [1.165, 1.54) is 60.7 Å². The monoisotopic (exact) mass is 984 g/mol. The van der Waals surface area contributed by atoms with Crippen molar-refractivity contribution in [1.29, 1.82) is 0 Å². The molecule has 0 aliphatic heterocycles. The summed E-state index contributed by atoms with van der Waals surface area (Å²) >= 11 is 0. The van der Waals surface area contributed by atoms with Gasteiger partial charge in [0.2, 0.25) is 0 Å². The molecule has 0 spiro atoms. The van der Waals surface area contributed by atoms with Crippen molar-refractivity contribution < 1.29 is 22.0 Å². The van der Waals surface area contributed by atoms with Gasteiger partial charge < -0.3 is 0 Å². The van der Waals surface area contributed by atoms with Gasteiger partial charge in [0.25, 0.3) is 0 Å². The van der Waals surface area contributed by atoms with E-state index in [0.717, 1.165) is 40.7 Å². The van der Waals surface area contributed by atoms with Crippen molar-refractivity contribution in [2.75, 3.05) is 0 Å². The Morgan fingerprint density at radius 1 is 0.240 bits per heavy atom. The molecule has 0 N–H and O–H groups in total. The van der Waals surface area contributed by atoms with Crippen LogP contribution in [0.25, 0.3) is 27.9 Å². The average Bonchev–Trinajstić information content (AvgIpc) is 3.76. The first kappa shape index (κ1) is 48.3. The van der Waals surface area contributed by atoms with Gasteiger partial charge in [-0.05, 0) is 198 Å². The smallest absolute Gasteiger partial charge is 0.123 e. The van der Waals surface area contributed by atoms with Gasteiger partial charge in [0.1, 0.15) is 29.1 Å². The second-order valence-corrected chi connectivity index (χ2v) is 18.7. The van der Waals surface area contributed by atoms with Crippen LogP contribution in [0.1, 0.15) is 70.2 Å². The van der Waals surface area contributed by atoms with E-state index in [0.29, 0.717) is 96.4 Å². The van der Waals surface area contributed by atoms with E-state index in [1.807, 2.05) is 121 Å². The van der Waals surface area contributed by atoms with Gasteiger partial charge in [-0.25, -0.2) is 22.0 Å². The minimum absolute atomic E-state index is 0.460. The molecule has 1 fully saturated rings. The predicted octanol–water partition coefficient (Wildman–Crippen LogP) is 18.7. The van der Waals surface area contributed by atoms with Crippen molar-refractivity contribution >= 4 is 27.9 Å². The number of hydrogen-bond donors (Lipinski definition) is 0. The lowest BCUT2D eigenvalue weighted by Crippen LogP contribution is -2.05. The van der Waals surface area contributed by atoms with Gasteiger partial charge in [-0.1, -0.05) is 188 Å². The Balaban J connectivity index is 1.58. The summed E-state index contributed by atoms with van der Waals surface area (Å²) in [7, 11) is 0. The molecule has 5 heteroatoms. The minimum Gasteiger partial charge on any atom is -0.207 e. The zero-order valence-corrected chi connectivity index (χ0v) is 40.9. The highest BCUT2D eigenvalue weighted by Crippen LogP contribution is 2.61. The molecule has 0 bridgehead atoms. The Hall–Kier alpha value is -8.93. The topological polar surface area (TPSA) is 0 Å². The number of benzene rings is 8. The van der Waals surface area contributed by atoms with Gasteiger partial charge in [-0.15, -0.1) is 0 Å². The summed E-state index contributed by atoms with van der Waals surface area (Å²) in [6.45, 7) is 0. The predicted molar refractivity (Wildman–Crippen MR) is 296 cm³/mol. The van der Waals surface area contributed by atoms with E-state index in [2.05, 4.69) is 36.5 Å². The van der Waals surface area contributed by atoms with Crippen LogP contribution >= 0.6 is 0 Å².